The molecule has 0 radical (unpaired) electrons. The van der Waals surface area contributed by atoms with Crippen molar-refractivity contribution in [3.05, 3.63) is 0 Å². The van der Waals surface area contributed by atoms with Gasteiger partial charge in [0.2, 0.25) is 0 Å². The molecule has 0 aromatic heterocycles. The molecule has 0 saturated heterocycles. The quantitative estimate of drug-likeness (QED) is 0.700. The van der Waals surface area contributed by atoms with Crippen LogP contribution in [0.1, 0.15) is 33.1 Å². The molecule has 3 nitrogen and oxygen atoms in total. The van der Waals surface area contributed by atoms with Gasteiger partial charge in [0.25, 0.3) is 0 Å². The predicted molar refractivity (Wildman–Crippen MR) is 59.1 cm³/mol. The third kappa shape index (κ3) is 4.96. The first-order valence-electron chi connectivity index (χ1n) is 5.47. The molecule has 0 aromatic carbocycles. The molecule has 0 bridgehead atoms. The van der Waals surface area contributed by atoms with E-state index in [2.05, 4.69) is 5.32 Å². The molecule has 84 valence electrons. The summed E-state index contributed by atoms with van der Waals surface area (Å²) in [5.74, 6) is 0.935. The molecule has 0 aromatic rings. The van der Waals surface area contributed by atoms with Crippen molar-refractivity contribution in [3.63, 3.8) is 0 Å². The highest BCUT2D eigenvalue weighted by Gasteiger charge is 2.21. The lowest BCUT2D eigenvalue weighted by Gasteiger charge is -2.09. The van der Waals surface area contributed by atoms with Crippen molar-refractivity contribution in [1.29, 1.82) is 0 Å². The van der Waals surface area contributed by atoms with Gasteiger partial charge < -0.3 is 5.32 Å². The Hall–Kier alpha value is -0.0900. The summed E-state index contributed by atoms with van der Waals surface area (Å²) in [7, 11) is -2.82. The molecule has 0 aliphatic heterocycles. The Morgan fingerprint density at radius 3 is 2.57 bits per heavy atom. The van der Waals surface area contributed by atoms with Gasteiger partial charge >= 0.3 is 0 Å². The van der Waals surface area contributed by atoms with E-state index in [1.807, 2.05) is 13.8 Å². The van der Waals surface area contributed by atoms with Crippen LogP contribution in [-0.4, -0.2) is 32.5 Å². The van der Waals surface area contributed by atoms with E-state index in [0.717, 1.165) is 6.42 Å². The lowest BCUT2D eigenvalue weighted by molar-refractivity contribution is 0.560. The zero-order valence-corrected chi connectivity index (χ0v) is 9.94. The number of hydrogen-bond donors (Lipinski definition) is 1. The van der Waals surface area contributed by atoms with E-state index in [9.17, 15) is 8.42 Å². The van der Waals surface area contributed by atoms with Gasteiger partial charge in [-0.2, -0.15) is 0 Å². The monoisotopic (exact) mass is 219 g/mol. The van der Waals surface area contributed by atoms with Gasteiger partial charge in [-0.25, -0.2) is 8.42 Å². The average Bonchev–Trinajstić information content (AvgIpc) is 2.87. The minimum Gasteiger partial charge on any atom is -0.313 e. The highest BCUT2D eigenvalue weighted by molar-refractivity contribution is 7.91. The Kier molecular flexibility index (Phi) is 4.38. The number of sulfone groups is 1. The van der Waals surface area contributed by atoms with E-state index in [-0.39, 0.29) is 0 Å². The van der Waals surface area contributed by atoms with E-state index in [0.29, 0.717) is 30.0 Å². The van der Waals surface area contributed by atoms with Gasteiger partial charge in [-0.3, -0.25) is 0 Å². The molecule has 14 heavy (non-hydrogen) atoms. The van der Waals surface area contributed by atoms with Crippen LogP contribution in [0.3, 0.4) is 0 Å². The Labute approximate surface area is 87.2 Å². The van der Waals surface area contributed by atoms with E-state index >= 15 is 0 Å². The van der Waals surface area contributed by atoms with E-state index in [4.69, 9.17) is 0 Å². The highest BCUT2D eigenvalue weighted by Crippen LogP contribution is 2.18. The Bertz CT molecular complexity index is 257. The van der Waals surface area contributed by atoms with Crippen LogP contribution in [0.4, 0.5) is 0 Å². The highest BCUT2D eigenvalue weighted by atomic mass is 32.2. The molecule has 1 saturated carbocycles. The largest absolute Gasteiger partial charge is 0.313 e. The Morgan fingerprint density at radius 1 is 1.43 bits per heavy atom. The second kappa shape index (κ2) is 5.12. The number of rotatable bonds is 7. The summed E-state index contributed by atoms with van der Waals surface area (Å²) in [6.45, 7) is 4.65. The fraction of sp³-hybridized carbons (Fsp3) is 1.00. The van der Waals surface area contributed by atoms with Crippen molar-refractivity contribution in [2.45, 2.75) is 39.2 Å². The maximum absolute atomic E-state index is 11.6. The second-order valence-corrected chi connectivity index (χ2v) is 6.58. The van der Waals surface area contributed by atoms with Crippen LogP contribution in [0.15, 0.2) is 0 Å². The van der Waals surface area contributed by atoms with Crippen molar-refractivity contribution < 1.29 is 8.42 Å². The first-order chi connectivity index (χ1) is 6.53. The first kappa shape index (κ1) is 12.0. The van der Waals surface area contributed by atoms with Crippen LogP contribution < -0.4 is 5.32 Å². The minimum absolute atomic E-state index is 0.293. The van der Waals surface area contributed by atoms with Crippen LogP contribution >= 0.6 is 0 Å². The van der Waals surface area contributed by atoms with E-state index < -0.39 is 9.84 Å². The standard InChI is InChI=1S/C10H21NO2S/c1-3-9(2)8-14(12,13)7-6-11-10-4-5-10/h9-11H,3-8H2,1-2H3. The maximum atomic E-state index is 11.6. The number of nitrogens with one attached hydrogen (secondary N) is 1. The molecule has 1 fully saturated rings. The predicted octanol–water partition coefficient (Wildman–Crippen LogP) is 1.20. The summed E-state index contributed by atoms with van der Waals surface area (Å²) in [5, 5.41) is 3.22. The summed E-state index contributed by atoms with van der Waals surface area (Å²) < 4.78 is 23.1. The lowest BCUT2D eigenvalue weighted by Crippen LogP contribution is -2.27. The third-order valence-corrected chi connectivity index (χ3v) is 4.56. The number of hydrogen-bond acceptors (Lipinski definition) is 3. The summed E-state index contributed by atoms with van der Waals surface area (Å²) in [4.78, 5) is 0. The smallest absolute Gasteiger partial charge is 0.151 e. The maximum Gasteiger partial charge on any atom is 0.151 e. The van der Waals surface area contributed by atoms with Crippen molar-refractivity contribution >= 4 is 9.84 Å². The fourth-order valence-corrected chi connectivity index (χ4v) is 3.04. The summed E-state index contributed by atoms with van der Waals surface area (Å²) in [6.07, 6.45) is 3.37. The molecule has 4 heteroatoms. The molecule has 1 aliphatic carbocycles. The molecule has 1 rings (SSSR count). The topological polar surface area (TPSA) is 46.2 Å². The molecule has 1 unspecified atom stereocenters. The summed E-state index contributed by atoms with van der Waals surface area (Å²) in [5.41, 5.74) is 0. The van der Waals surface area contributed by atoms with Gasteiger partial charge in [0.05, 0.1) is 11.5 Å². The van der Waals surface area contributed by atoms with Crippen LogP contribution in [0.5, 0.6) is 0 Å². The molecule has 0 spiro atoms. The third-order valence-electron chi connectivity index (χ3n) is 2.66. The Morgan fingerprint density at radius 2 is 2.07 bits per heavy atom. The van der Waals surface area contributed by atoms with Gasteiger partial charge in [-0.05, 0) is 18.8 Å². The summed E-state index contributed by atoms with van der Waals surface area (Å²) in [6, 6.07) is 0.605. The molecule has 1 atom stereocenters. The van der Waals surface area contributed by atoms with Crippen molar-refractivity contribution in [2.24, 2.45) is 5.92 Å². The Balaban J connectivity index is 2.18. The molecule has 1 aliphatic rings. The van der Waals surface area contributed by atoms with E-state index in [1.54, 1.807) is 0 Å². The van der Waals surface area contributed by atoms with Gasteiger partial charge in [0.1, 0.15) is 0 Å². The van der Waals surface area contributed by atoms with Gasteiger partial charge in [-0.15, -0.1) is 0 Å². The van der Waals surface area contributed by atoms with Crippen molar-refractivity contribution in [1.82, 2.24) is 5.32 Å². The summed E-state index contributed by atoms with van der Waals surface area (Å²) >= 11 is 0. The molecular weight excluding hydrogens is 198 g/mol. The van der Waals surface area contributed by atoms with Gasteiger partial charge in [-0.1, -0.05) is 20.3 Å². The van der Waals surface area contributed by atoms with Crippen LogP contribution in [0.25, 0.3) is 0 Å². The lowest BCUT2D eigenvalue weighted by atomic mass is 10.2. The normalized spacial score (nSPS) is 19.6. The van der Waals surface area contributed by atoms with Crippen LogP contribution in [0, 0.1) is 5.92 Å². The molecule has 0 heterocycles. The SMILES string of the molecule is CCC(C)CS(=O)(=O)CCNC1CC1. The molecular formula is C10H21NO2S. The van der Waals surface area contributed by atoms with Crippen LogP contribution in [-0.2, 0) is 9.84 Å². The second-order valence-electron chi connectivity index (χ2n) is 4.36. The average molecular weight is 219 g/mol. The first-order valence-corrected chi connectivity index (χ1v) is 7.29. The van der Waals surface area contributed by atoms with Crippen molar-refractivity contribution in [2.75, 3.05) is 18.1 Å². The minimum atomic E-state index is -2.82. The zero-order chi connectivity index (χ0) is 10.6. The fourth-order valence-electron chi connectivity index (χ4n) is 1.34. The zero-order valence-electron chi connectivity index (χ0n) is 9.12. The van der Waals surface area contributed by atoms with Gasteiger partial charge in [0.15, 0.2) is 9.84 Å². The van der Waals surface area contributed by atoms with Crippen LogP contribution in [0.2, 0.25) is 0 Å². The van der Waals surface area contributed by atoms with Crippen molar-refractivity contribution in [3.8, 4) is 0 Å². The van der Waals surface area contributed by atoms with Gasteiger partial charge in [0, 0.05) is 12.6 Å². The van der Waals surface area contributed by atoms with E-state index in [1.165, 1.54) is 12.8 Å². The molecule has 1 N–H and O–H groups in total. The molecule has 0 amide bonds.